The van der Waals surface area contributed by atoms with Crippen molar-refractivity contribution in [2.45, 2.75) is 25.1 Å². The van der Waals surface area contributed by atoms with E-state index in [1.165, 1.54) is 0 Å². The van der Waals surface area contributed by atoms with E-state index < -0.39 is 0 Å². The highest BCUT2D eigenvalue weighted by Crippen LogP contribution is 2.14. The minimum absolute atomic E-state index is 0.142. The molecule has 0 aromatic heterocycles. The van der Waals surface area contributed by atoms with Gasteiger partial charge in [-0.05, 0) is 20.8 Å². The molecule has 0 heterocycles. The topological polar surface area (TPSA) is 9.23 Å². The lowest BCUT2D eigenvalue weighted by molar-refractivity contribution is 0.133. The molecule has 0 amide bonds. The number of alkyl halides is 1. The summed E-state index contributed by atoms with van der Waals surface area (Å²) in [6, 6.07) is 0. The quantitative estimate of drug-likeness (QED) is 0.606. The first-order chi connectivity index (χ1) is 3.56. The minimum Gasteiger partial charge on any atom is -0.380 e. The number of rotatable bonds is 3. The van der Waals surface area contributed by atoms with E-state index in [2.05, 4.69) is 29.8 Å². The number of hydrogen-bond donors (Lipinski definition) is 0. The maximum absolute atomic E-state index is 5.15. The van der Waals surface area contributed by atoms with Gasteiger partial charge in [0.25, 0.3) is 0 Å². The molecule has 0 radical (unpaired) electrons. The summed E-state index contributed by atoms with van der Waals surface area (Å²) in [7, 11) is 0. The third-order valence-electron chi connectivity index (χ3n) is 0.649. The normalized spacial score (nSPS) is 12.0. The second kappa shape index (κ2) is 3.46. The van der Waals surface area contributed by atoms with Crippen molar-refractivity contribution in [3.8, 4) is 0 Å². The molecular weight excluding hydrogens is 168 g/mol. The Balaban J connectivity index is 3.11. The molecule has 0 aliphatic heterocycles. The lowest BCUT2D eigenvalue weighted by Gasteiger charge is -2.14. The standard InChI is InChI=1S/C6H13BrO/c1-4-8-5-6(2,3)7/h4-5H2,1-3H3. The molecule has 0 saturated heterocycles. The zero-order valence-corrected chi connectivity index (χ0v) is 7.29. The summed E-state index contributed by atoms with van der Waals surface area (Å²) >= 11 is 3.45. The summed E-state index contributed by atoms with van der Waals surface area (Å²) < 4.78 is 5.29. The fraction of sp³-hybridized carbons (Fsp3) is 1.00. The minimum atomic E-state index is 0.142. The van der Waals surface area contributed by atoms with Crippen LogP contribution in [-0.2, 0) is 4.74 Å². The van der Waals surface area contributed by atoms with E-state index in [0.717, 1.165) is 13.2 Å². The van der Waals surface area contributed by atoms with Crippen LogP contribution in [0.2, 0.25) is 0 Å². The van der Waals surface area contributed by atoms with Crippen molar-refractivity contribution in [2.75, 3.05) is 13.2 Å². The lowest BCUT2D eigenvalue weighted by atomic mass is 10.2. The molecule has 0 aliphatic rings. The van der Waals surface area contributed by atoms with Gasteiger partial charge in [0.15, 0.2) is 0 Å². The van der Waals surface area contributed by atoms with Crippen LogP contribution in [0.25, 0.3) is 0 Å². The van der Waals surface area contributed by atoms with Crippen molar-refractivity contribution in [3.05, 3.63) is 0 Å². The van der Waals surface area contributed by atoms with Gasteiger partial charge in [-0.25, -0.2) is 0 Å². The third-order valence-corrected chi connectivity index (χ3v) is 0.878. The highest BCUT2D eigenvalue weighted by Gasteiger charge is 2.10. The molecule has 0 fully saturated rings. The van der Waals surface area contributed by atoms with Crippen LogP contribution in [0.3, 0.4) is 0 Å². The Morgan fingerprint density at radius 2 is 2.00 bits per heavy atom. The number of ether oxygens (including phenoxy) is 1. The van der Waals surface area contributed by atoms with Gasteiger partial charge in [-0.1, -0.05) is 15.9 Å². The zero-order valence-electron chi connectivity index (χ0n) is 5.70. The molecule has 0 atom stereocenters. The van der Waals surface area contributed by atoms with Gasteiger partial charge in [0.1, 0.15) is 0 Å². The highest BCUT2D eigenvalue weighted by atomic mass is 79.9. The van der Waals surface area contributed by atoms with Crippen LogP contribution in [0.15, 0.2) is 0 Å². The van der Waals surface area contributed by atoms with Crippen LogP contribution >= 0.6 is 15.9 Å². The van der Waals surface area contributed by atoms with E-state index in [1.54, 1.807) is 0 Å². The largest absolute Gasteiger partial charge is 0.380 e. The van der Waals surface area contributed by atoms with Gasteiger partial charge in [0.05, 0.1) is 6.61 Å². The Bertz CT molecular complexity index is 56.0. The van der Waals surface area contributed by atoms with E-state index in [4.69, 9.17) is 4.74 Å². The Hall–Kier alpha value is 0.440. The summed E-state index contributed by atoms with van der Waals surface area (Å²) in [5.74, 6) is 0. The van der Waals surface area contributed by atoms with E-state index in [9.17, 15) is 0 Å². The van der Waals surface area contributed by atoms with Crippen LogP contribution < -0.4 is 0 Å². The molecule has 0 aromatic rings. The summed E-state index contributed by atoms with van der Waals surface area (Å²) in [5, 5.41) is 0. The Labute approximate surface area is 59.5 Å². The van der Waals surface area contributed by atoms with Gasteiger partial charge in [-0.3, -0.25) is 0 Å². The van der Waals surface area contributed by atoms with E-state index >= 15 is 0 Å². The molecule has 0 aliphatic carbocycles. The predicted octanol–water partition coefficient (Wildman–Crippen LogP) is 2.20. The molecule has 0 rings (SSSR count). The Morgan fingerprint density at radius 1 is 1.50 bits per heavy atom. The first kappa shape index (κ1) is 8.44. The number of halogens is 1. The van der Waals surface area contributed by atoms with Crippen molar-refractivity contribution in [3.63, 3.8) is 0 Å². The predicted molar refractivity (Wildman–Crippen MR) is 39.5 cm³/mol. The summed E-state index contributed by atoms with van der Waals surface area (Å²) in [6.07, 6.45) is 0. The molecule has 0 aromatic carbocycles. The van der Waals surface area contributed by atoms with E-state index in [0.29, 0.717) is 0 Å². The molecule has 0 N–H and O–H groups in total. The molecule has 0 spiro atoms. The molecule has 0 saturated carbocycles. The van der Waals surface area contributed by atoms with Crippen molar-refractivity contribution < 1.29 is 4.74 Å². The van der Waals surface area contributed by atoms with Gasteiger partial charge in [-0.15, -0.1) is 0 Å². The average molecular weight is 181 g/mol. The van der Waals surface area contributed by atoms with Gasteiger partial charge in [0.2, 0.25) is 0 Å². The molecule has 50 valence electrons. The van der Waals surface area contributed by atoms with Crippen molar-refractivity contribution >= 4 is 15.9 Å². The molecule has 0 bridgehead atoms. The SMILES string of the molecule is CCOCC(C)(C)Br. The van der Waals surface area contributed by atoms with Crippen LogP contribution in [0.5, 0.6) is 0 Å². The second-order valence-corrected chi connectivity index (χ2v) is 4.50. The Kier molecular flexibility index (Phi) is 3.65. The average Bonchev–Trinajstić information content (AvgIpc) is 1.59. The van der Waals surface area contributed by atoms with Crippen LogP contribution in [0.4, 0.5) is 0 Å². The van der Waals surface area contributed by atoms with Crippen LogP contribution in [-0.4, -0.2) is 17.5 Å². The van der Waals surface area contributed by atoms with E-state index in [-0.39, 0.29) is 4.32 Å². The van der Waals surface area contributed by atoms with Gasteiger partial charge < -0.3 is 4.74 Å². The highest BCUT2D eigenvalue weighted by molar-refractivity contribution is 9.10. The molecule has 8 heavy (non-hydrogen) atoms. The monoisotopic (exact) mass is 180 g/mol. The molecule has 0 unspecified atom stereocenters. The van der Waals surface area contributed by atoms with Gasteiger partial charge in [0, 0.05) is 10.9 Å². The molecule has 1 nitrogen and oxygen atoms in total. The van der Waals surface area contributed by atoms with Gasteiger partial charge >= 0.3 is 0 Å². The van der Waals surface area contributed by atoms with Crippen molar-refractivity contribution in [2.24, 2.45) is 0 Å². The summed E-state index contributed by atoms with van der Waals surface area (Å²) in [4.78, 5) is 0. The van der Waals surface area contributed by atoms with Crippen LogP contribution in [0.1, 0.15) is 20.8 Å². The molecular formula is C6H13BrO. The smallest absolute Gasteiger partial charge is 0.0614 e. The van der Waals surface area contributed by atoms with Crippen LogP contribution in [0, 0.1) is 0 Å². The third kappa shape index (κ3) is 6.44. The van der Waals surface area contributed by atoms with Crippen molar-refractivity contribution in [1.82, 2.24) is 0 Å². The molecule has 2 heteroatoms. The summed E-state index contributed by atoms with van der Waals surface area (Å²) in [6.45, 7) is 7.75. The zero-order chi connectivity index (χ0) is 6.62. The first-order valence-electron chi connectivity index (χ1n) is 2.83. The maximum atomic E-state index is 5.15. The number of hydrogen-bond acceptors (Lipinski definition) is 1. The lowest BCUT2D eigenvalue weighted by Crippen LogP contribution is -2.17. The van der Waals surface area contributed by atoms with Crippen molar-refractivity contribution in [1.29, 1.82) is 0 Å². The Morgan fingerprint density at radius 3 is 2.12 bits per heavy atom. The van der Waals surface area contributed by atoms with E-state index in [1.807, 2.05) is 6.92 Å². The first-order valence-corrected chi connectivity index (χ1v) is 3.62. The second-order valence-electron chi connectivity index (χ2n) is 2.36. The fourth-order valence-electron chi connectivity index (χ4n) is 0.345. The fourth-order valence-corrected chi connectivity index (χ4v) is 0.507. The van der Waals surface area contributed by atoms with Gasteiger partial charge in [-0.2, -0.15) is 0 Å². The summed E-state index contributed by atoms with van der Waals surface area (Å²) in [5.41, 5.74) is 0. The maximum Gasteiger partial charge on any atom is 0.0614 e.